The van der Waals surface area contributed by atoms with Crippen molar-refractivity contribution in [2.75, 3.05) is 27.3 Å². The Bertz CT molecular complexity index is 83.1. The molecule has 0 atom stereocenters. The van der Waals surface area contributed by atoms with Crippen LogP contribution in [0.25, 0.3) is 0 Å². The number of methoxy groups -OCH3 is 2. The Morgan fingerprint density at radius 3 is 2.22 bits per heavy atom. The Balaban J connectivity index is 2.45. The van der Waals surface area contributed by atoms with Gasteiger partial charge in [0, 0.05) is 14.2 Å². The maximum Gasteiger partial charge on any atom is 0.223 e. The molecule has 0 aromatic heterocycles. The van der Waals surface area contributed by atoms with Gasteiger partial charge in [-0.3, -0.25) is 0 Å². The van der Waals surface area contributed by atoms with Gasteiger partial charge in [-0.25, -0.2) is 0 Å². The number of nitrogens with two attached hydrogens (primary N) is 1. The maximum absolute atomic E-state index is 5.19. The molecule has 0 aromatic rings. The predicted molar refractivity (Wildman–Crippen MR) is 33.0 cm³/mol. The zero-order valence-electron chi connectivity index (χ0n) is 6.02. The molecule has 0 saturated carbocycles. The van der Waals surface area contributed by atoms with Crippen molar-refractivity contribution in [2.24, 2.45) is 0 Å². The zero-order valence-corrected chi connectivity index (χ0v) is 6.02. The average molecular weight is 132 g/mol. The van der Waals surface area contributed by atoms with E-state index in [9.17, 15) is 0 Å². The molecule has 1 rings (SSSR count). The Morgan fingerprint density at radius 2 is 2.00 bits per heavy atom. The van der Waals surface area contributed by atoms with E-state index in [1.807, 2.05) is 0 Å². The summed E-state index contributed by atoms with van der Waals surface area (Å²) in [5.41, 5.74) is 0. The summed E-state index contributed by atoms with van der Waals surface area (Å²) in [6.07, 6.45) is 1.00. The second-order valence-corrected chi connectivity index (χ2v) is 2.35. The first-order valence-electron chi connectivity index (χ1n) is 3.25. The summed E-state index contributed by atoms with van der Waals surface area (Å²) in [4.78, 5) is 0. The van der Waals surface area contributed by atoms with E-state index in [4.69, 9.17) is 9.47 Å². The molecule has 0 aliphatic carbocycles. The molecular weight excluding hydrogens is 118 g/mol. The number of hydrogen-bond acceptors (Lipinski definition) is 2. The van der Waals surface area contributed by atoms with Gasteiger partial charge in [0.05, 0.1) is 13.0 Å². The first-order valence-corrected chi connectivity index (χ1v) is 3.25. The van der Waals surface area contributed by atoms with Crippen molar-refractivity contribution in [3.63, 3.8) is 0 Å². The fraction of sp³-hybridized carbons (Fsp3) is 1.00. The largest absolute Gasteiger partial charge is 0.348 e. The lowest BCUT2D eigenvalue weighted by molar-refractivity contribution is -0.646. The van der Waals surface area contributed by atoms with Crippen molar-refractivity contribution in [1.29, 1.82) is 0 Å². The Kier molecular flexibility index (Phi) is 2.05. The van der Waals surface area contributed by atoms with Crippen LogP contribution in [0, 0.1) is 0 Å². The monoisotopic (exact) mass is 132 g/mol. The fourth-order valence-corrected chi connectivity index (χ4v) is 1.20. The first kappa shape index (κ1) is 6.99. The normalized spacial score (nSPS) is 24.7. The van der Waals surface area contributed by atoms with Gasteiger partial charge in [0.25, 0.3) is 0 Å². The molecule has 0 aromatic carbocycles. The standard InChI is InChI=1S/C6H13NO2/c1-8-6(9-2)3-4-7-5-6/h7H,3-5H2,1-2H3/p+1. The van der Waals surface area contributed by atoms with Gasteiger partial charge in [0.15, 0.2) is 0 Å². The molecule has 1 aliphatic rings. The van der Waals surface area contributed by atoms with E-state index in [0.717, 1.165) is 19.5 Å². The highest BCUT2D eigenvalue weighted by Crippen LogP contribution is 2.14. The summed E-state index contributed by atoms with van der Waals surface area (Å²) >= 11 is 0. The molecule has 2 N–H and O–H groups in total. The first-order chi connectivity index (χ1) is 4.33. The van der Waals surface area contributed by atoms with Crippen molar-refractivity contribution in [2.45, 2.75) is 12.2 Å². The molecule has 0 spiro atoms. The summed E-state index contributed by atoms with van der Waals surface area (Å²) in [6.45, 7) is 2.04. The highest BCUT2D eigenvalue weighted by molar-refractivity contribution is 4.69. The topological polar surface area (TPSA) is 35.1 Å². The van der Waals surface area contributed by atoms with E-state index < -0.39 is 0 Å². The van der Waals surface area contributed by atoms with Crippen molar-refractivity contribution < 1.29 is 14.8 Å². The van der Waals surface area contributed by atoms with Crippen molar-refractivity contribution in [3.05, 3.63) is 0 Å². The lowest BCUT2D eigenvalue weighted by atomic mass is 10.2. The van der Waals surface area contributed by atoms with Crippen molar-refractivity contribution >= 4 is 0 Å². The predicted octanol–water partition coefficient (Wildman–Crippen LogP) is -1.06. The van der Waals surface area contributed by atoms with Crippen LogP contribution in [0.1, 0.15) is 6.42 Å². The van der Waals surface area contributed by atoms with Crippen LogP contribution >= 0.6 is 0 Å². The van der Waals surface area contributed by atoms with Gasteiger partial charge in [-0.05, 0) is 0 Å². The van der Waals surface area contributed by atoms with Crippen LogP contribution in [0.3, 0.4) is 0 Å². The van der Waals surface area contributed by atoms with Crippen LogP contribution < -0.4 is 5.32 Å². The quantitative estimate of drug-likeness (QED) is 0.486. The Morgan fingerprint density at radius 1 is 1.33 bits per heavy atom. The smallest absolute Gasteiger partial charge is 0.223 e. The minimum atomic E-state index is -0.278. The molecule has 1 fully saturated rings. The van der Waals surface area contributed by atoms with Gasteiger partial charge in [0.1, 0.15) is 6.54 Å². The summed E-state index contributed by atoms with van der Waals surface area (Å²) < 4.78 is 10.4. The summed E-state index contributed by atoms with van der Waals surface area (Å²) in [5.74, 6) is -0.278. The molecule has 3 heteroatoms. The van der Waals surface area contributed by atoms with Crippen molar-refractivity contribution in [1.82, 2.24) is 0 Å². The lowest BCUT2D eigenvalue weighted by Gasteiger charge is -2.21. The molecule has 1 heterocycles. The molecular formula is C6H14NO2+. The Hall–Kier alpha value is -0.120. The molecule has 54 valence electrons. The molecule has 1 saturated heterocycles. The third kappa shape index (κ3) is 1.23. The van der Waals surface area contributed by atoms with Crippen LogP contribution in [0.5, 0.6) is 0 Å². The van der Waals surface area contributed by atoms with Gasteiger partial charge in [-0.2, -0.15) is 0 Å². The molecule has 0 amide bonds. The SMILES string of the molecule is COC1(OC)CC[NH2+]C1. The van der Waals surface area contributed by atoms with E-state index in [1.54, 1.807) is 14.2 Å². The van der Waals surface area contributed by atoms with E-state index >= 15 is 0 Å². The summed E-state index contributed by atoms with van der Waals surface area (Å²) in [7, 11) is 3.39. The number of hydrogen-bond donors (Lipinski definition) is 1. The van der Waals surface area contributed by atoms with Crippen LogP contribution in [-0.2, 0) is 9.47 Å². The van der Waals surface area contributed by atoms with E-state index in [1.165, 1.54) is 0 Å². The van der Waals surface area contributed by atoms with E-state index in [-0.39, 0.29) is 5.79 Å². The second kappa shape index (κ2) is 2.64. The molecule has 9 heavy (non-hydrogen) atoms. The van der Waals surface area contributed by atoms with Crippen LogP contribution in [0.15, 0.2) is 0 Å². The minimum Gasteiger partial charge on any atom is -0.348 e. The van der Waals surface area contributed by atoms with E-state index in [0.29, 0.717) is 0 Å². The molecule has 1 aliphatic heterocycles. The maximum atomic E-state index is 5.19. The highest BCUT2D eigenvalue weighted by atomic mass is 16.7. The van der Waals surface area contributed by atoms with Crippen LogP contribution in [0.4, 0.5) is 0 Å². The van der Waals surface area contributed by atoms with Gasteiger partial charge in [-0.1, -0.05) is 0 Å². The van der Waals surface area contributed by atoms with Gasteiger partial charge < -0.3 is 14.8 Å². The molecule has 0 unspecified atom stereocenters. The van der Waals surface area contributed by atoms with Crippen molar-refractivity contribution in [3.8, 4) is 0 Å². The highest BCUT2D eigenvalue weighted by Gasteiger charge is 2.36. The fourth-order valence-electron chi connectivity index (χ4n) is 1.20. The summed E-state index contributed by atoms with van der Waals surface area (Å²) in [5, 5.41) is 2.20. The number of quaternary nitrogens is 1. The molecule has 0 bridgehead atoms. The van der Waals surface area contributed by atoms with E-state index in [2.05, 4.69) is 5.32 Å². The molecule has 3 nitrogen and oxygen atoms in total. The third-order valence-electron chi connectivity index (χ3n) is 1.93. The van der Waals surface area contributed by atoms with Crippen LogP contribution in [0.2, 0.25) is 0 Å². The third-order valence-corrected chi connectivity index (χ3v) is 1.93. The second-order valence-electron chi connectivity index (χ2n) is 2.35. The van der Waals surface area contributed by atoms with Gasteiger partial charge in [0.2, 0.25) is 5.79 Å². The lowest BCUT2D eigenvalue weighted by Crippen LogP contribution is -2.82. The number of rotatable bonds is 2. The van der Waals surface area contributed by atoms with Gasteiger partial charge in [-0.15, -0.1) is 0 Å². The minimum absolute atomic E-state index is 0.278. The van der Waals surface area contributed by atoms with Gasteiger partial charge >= 0.3 is 0 Å². The van der Waals surface area contributed by atoms with Crippen LogP contribution in [-0.4, -0.2) is 33.1 Å². The summed E-state index contributed by atoms with van der Waals surface area (Å²) in [6, 6.07) is 0. The Labute approximate surface area is 55.3 Å². The number of ether oxygens (including phenoxy) is 2. The molecule has 0 radical (unpaired) electrons. The zero-order chi connectivity index (χ0) is 6.74. The average Bonchev–Trinajstić information content (AvgIpc) is 2.36.